The van der Waals surface area contributed by atoms with Crippen molar-refractivity contribution in [3.8, 4) is 27.9 Å². The molecule has 2 nitrogen and oxygen atoms in total. The van der Waals surface area contributed by atoms with Crippen LogP contribution >= 0.6 is 0 Å². The summed E-state index contributed by atoms with van der Waals surface area (Å²) in [6, 6.07) is 64.3. The Kier molecular flexibility index (Phi) is 6.39. The Morgan fingerprint density at radius 3 is 1.62 bits per heavy atom. The molecule has 1 heterocycles. The van der Waals surface area contributed by atoms with Gasteiger partial charge in [-0.15, -0.1) is 0 Å². The van der Waals surface area contributed by atoms with Gasteiger partial charge in [-0.1, -0.05) is 164 Å². The number of para-hydroxylation sites is 1. The second kappa shape index (κ2) is 13.2. The van der Waals surface area contributed by atoms with E-state index >= 15 is 0 Å². The molecule has 0 atom stereocenters. The fourth-order valence-corrected chi connectivity index (χ4v) is 8.35. The highest BCUT2D eigenvalue weighted by Gasteiger charge is 2.18. The lowest BCUT2D eigenvalue weighted by molar-refractivity contribution is 1.19. The van der Waals surface area contributed by atoms with Crippen molar-refractivity contribution in [2.45, 2.75) is 0 Å². The predicted octanol–water partition coefficient (Wildman–Crippen LogP) is 15.0. The van der Waals surface area contributed by atoms with Crippen LogP contribution in [0.5, 0.6) is 0 Å². The first-order chi connectivity index (χ1) is 29.8. The molecule has 0 aliphatic rings. The summed E-state index contributed by atoms with van der Waals surface area (Å²) in [7, 11) is 0. The third-order valence-corrected chi connectivity index (χ3v) is 11.0. The molecule has 56 heavy (non-hydrogen) atoms. The maximum absolute atomic E-state index is 8.59. The number of aromatic nitrogens is 1. The first-order valence-electron chi connectivity index (χ1n) is 21.3. The van der Waals surface area contributed by atoms with Crippen LogP contribution in [0.1, 0.15) is 6.85 Å². The van der Waals surface area contributed by atoms with E-state index in [9.17, 15) is 0 Å². The molecule has 0 unspecified atom stereocenters. The number of benzene rings is 10. The zero-order valence-corrected chi connectivity index (χ0v) is 30.3. The van der Waals surface area contributed by atoms with E-state index in [-0.39, 0.29) is 29.7 Å². The molecular formula is C54H36N2. The molecule has 11 rings (SSSR count). The first kappa shape index (κ1) is 27.2. The van der Waals surface area contributed by atoms with Crippen molar-refractivity contribution in [3.63, 3.8) is 0 Å². The van der Waals surface area contributed by atoms with E-state index in [4.69, 9.17) is 6.85 Å². The molecule has 0 saturated carbocycles. The molecule has 0 bridgehead atoms. The highest BCUT2D eigenvalue weighted by molar-refractivity contribution is 6.19. The summed E-state index contributed by atoms with van der Waals surface area (Å²) in [6.45, 7) is 0. The molecule has 10 aromatic carbocycles. The zero-order valence-electron chi connectivity index (χ0n) is 35.3. The number of nitrogens with zero attached hydrogens (tertiary/aromatic N) is 2. The van der Waals surface area contributed by atoms with Crippen LogP contribution in [-0.4, -0.2) is 4.57 Å². The summed E-state index contributed by atoms with van der Waals surface area (Å²) in [5, 5.41) is 9.47. The van der Waals surface area contributed by atoms with Gasteiger partial charge in [-0.3, -0.25) is 0 Å². The van der Waals surface area contributed by atoms with Crippen LogP contribution in [0.25, 0.3) is 82.1 Å². The maximum Gasteiger partial charge on any atom is 0.0629 e. The Labute approximate surface area is 332 Å². The summed E-state index contributed by atoms with van der Waals surface area (Å²) in [6.07, 6.45) is 0. The number of anilines is 3. The summed E-state index contributed by atoms with van der Waals surface area (Å²) in [5.41, 5.74) is 9.16. The largest absolute Gasteiger partial charge is 0.310 e. The van der Waals surface area contributed by atoms with Gasteiger partial charge < -0.3 is 9.47 Å². The standard InChI is InChI=1S/C54H36N2/c1-3-11-37(12-4-1)38-21-28-45(29-22-38)55(47-32-25-42-20-19-40-13-7-9-17-48(40)52(42)36-47)46-30-23-39(24-31-46)43-27-33-50-51-34-26-41-14-8-10-18-49(41)54(51)56(53(50)35-43)44-15-5-2-6-16-44/h1-36H/i1D,3D,4D,11D,12D. The van der Waals surface area contributed by atoms with Crippen LogP contribution in [-0.2, 0) is 0 Å². The van der Waals surface area contributed by atoms with Crippen molar-refractivity contribution in [3.05, 3.63) is 218 Å². The van der Waals surface area contributed by atoms with Crippen molar-refractivity contribution in [1.29, 1.82) is 0 Å². The van der Waals surface area contributed by atoms with E-state index in [1.165, 1.54) is 37.8 Å². The van der Waals surface area contributed by atoms with E-state index in [2.05, 4.69) is 173 Å². The molecule has 11 aromatic rings. The van der Waals surface area contributed by atoms with Crippen LogP contribution in [0.4, 0.5) is 17.1 Å². The Morgan fingerprint density at radius 2 is 0.893 bits per heavy atom. The van der Waals surface area contributed by atoms with Gasteiger partial charge in [0.05, 0.1) is 17.9 Å². The van der Waals surface area contributed by atoms with Crippen LogP contribution in [0.15, 0.2) is 218 Å². The van der Waals surface area contributed by atoms with Gasteiger partial charge in [0.2, 0.25) is 0 Å². The third kappa shape index (κ3) is 5.34. The highest BCUT2D eigenvalue weighted by Crippen LogP contribution is 2.41. The smallest absolute Gasteiger partial charge is 0.0629 e. The molecule has 262 valence electrons. The molecule has 0 saturated heterocycles. The van der Waals surface area contributed by atoms with Crippen LogP contribution in [0.2, 0.25) is 0 Å². The Hall–Kier alpha value is -7.42. The van der Waals surface area contributed by atoms with Crippen molar-refractivity contribution < 1.29 is 6.85 Å². The van der Waals surface area contributed by atoms with Crippen molar-refractivity contribution in [2.24, 2.45) is 0 Å². The fourth-order valence-electron chi connectivity index (χ4n) is 8.35. The first-order valence-corrected chi connectivity index (χ1v) is 18.8. The van der Waals surface area contributed by atoms with Crippen molar-refractivity contribution in [2.75, 3.05) is 4.90 Å². The van der Waals surface area contributed by atoms with Gasteiger partial charge in [-0.05, 0) is 104 Å². The van der Waals surface area contributed by atoms with Crippen LogP contribution < -0.4 is 4.90 Å². The molecule has 0 amide bonds. The molecule has 0 aliphatic carbocycles. The van der Waals surface area contributed by atoms with Gasteiger partial charge in [-0.2, -0.15) is 0 Å². The maximum atomic E-state index is 8.59. The fraction of sp³-hybridized carbons (Fsp3) is 0. The topological polar surface area (TPSA) is 8.17 Å². The average Bonchev–Trinajstić information content (AvgIpc) is 3.65. The van der Waals surface area contributed by atoms with Crippen molar-refractivity contribution in [1.82, 2.24) is 4.57 Å². The van der Waals surface area contributed by atoms with Gasteiger partial charge in [0.1, 0.15) is 0 Å². The van der Waals surface area contributed by atoms with Gasteiger partial charge in [0.15, 0.2) is 0 Å². The SMILES string of the molecule is [2H]c1c([2H])c([2H])c(-c2ccc(N(c3ccc(-c4ccc5c6ccc7ccccc7c6n(-c6ccccc6)c5c4)cc3)c3ccc4ccc5ccccc5c4c3)cc2)c([2H])c1[2H]. The number of hydrogen-bond donors (Lipinski definition) is 0. The molecule has 0 N–H and O–H groups in total. The minimum Gasteiger partial charge on any atom is -0.310 e. The number of hydrogen-bond acceptors (Lipinski definition) is 1. The minimum absolute atomic E-state index is 0.182. The lowest BCUT2D eigenvalue weighted by Crippen LogP contribution is -2.09. The highest BCUT2D eigenvalue weighted by atomic mass is 15.1. The van der Waals surface area contributed by atoms with Crippen LogP contribution in [0.3, 0.4) is 0 Å². The minimum atomic E-state index is -0.402. The molecule has 0 spiro atoms. The van der Waals surface area contributed by atoms with Gasteiger partial charge in [0, 0.05) is 38.9 Å². The lowest BCUT2D eigenvalue weighted by atomic mass is 10.00. The van der Waals surface area contributed by atoms with Crippen LogP contribution in [0, 0.1) is 0 Å². The van der Waals surface area contributed by atoms with E-state index in [0.29, 0.717) is 5.56 Å². The summed E-state index contributed by atoms with van der Waals surface area (Å²) < 4.78 is 44.2. The Morgan fingerprint density at radius 1 is 0.357 bits per heavy atom. The second-order valence-corrected chi connectivity index (χ2v) is 14.2. The average molecular weight is 718 g/mol. The van der Waals surface area contributed by atoms with E-state index in [0.717, 1.165) is 50.2 Å². The van der Waals surface area contributed by atoms with E-state index in [1.54, 1.807) is 0 Å². The second-order valence-electron chi connectivity index (χ2n) is 14.2. The molecule has 0 fully saturated rings. The molecular weight excluding hydrogens is 677 g/mol. The summed E-state index contributed by atoms with van der Waals surface area (Å²) >= 11 is 0. The Bertz CT molecular complexity index is 3490. The number of fused-ring (bicyclic) bond motifs is 8. The Balaban J connectivity index is 1.05. The van der Waals surface area contributed by atoms with Crippen molar-refractivity contribution >= 4 is 71.2 Å². The summed E-state index contributed by atoms with van der Waals surface area (Å²) in [5.74, 6) is 0. The lowest BCUT2D eigenvalue weighted by Gasteiger charge is -2.26. The molecule has 1 aromatic heterocycles. The van der Waals surface area contributed by atoms with E-state index < -0.39 is 6.04 Å². The van der Waals surface area contributed by atoms with E-state index in [1.807, 2.05) is 24.3 Å². The third-order valence-electron chi connectivity index (χ3n) is 11.0. The monoisotopic (exact) mass is 717 g/mol. The van der Waals surface area contributed by atoms with Gasteiger partial charge >= 0.3 is 0 Å². The van der Waals surface area contributed by atoms with Gasteiger partial charge in [-0.25, -0.2) is 0 Å². The van der Waals surface area contributed by atoms with Gasteiger partial charge in [0.25, 0.3) is 0 Å². The molecule has 0 radical (unpaired) electrons. The molecule has 2 heteroatoms. The quantitative estimate of drug-likeness (QED) is 0.156. The zero-order chi connectivity index (χ0) is 41.4. The normalized spacial score (nSPS) is 12.8. The summed E-state index contributed by atoms with van der Waals surface area (Å²) in [4.78, 5) is 2.21. The predicted molar refractivity (Wildman–Crippen MR) is 239 cm³/mol. The number of rotatable bonds is 6. The molecule has 0 aliphatic heterocycles.